The maximum Gasteiger partial charge on any atom is 0.407 e. The number of amides is 1. The quantitative estimate of drug-likeness (QED) is 0.417. The summed E-state index contributed by atoms with van der Waals surface area (Å²) in [4.78, 5) is 24.5. The van der Waals surface area contributed by atoms with E-state index in [4.69, 9.17) is 21.1 Å². The number of carbonyl (C=O) groups is 2. The molecule has 0 radical (unpaired) electrons. The van der Waals surface area contributed by atoms with Gasteiger partial charge in [-0.1, -0.05) is 35.9 Å². The van der Waals surface area contributed by atoms with Crippen molar-refractivity contribution >= 4 is 23.7 Å². The van der Waals surface area contributed by atoms with E-state index in [1.165, 1.54) is 12.1 Å². The third-order valence-electron chi connectivity index (χ3n) is 5.23. The van der Waals surface area contributed by atoms with E-state index in [1.807, 2.05) is 12.1 Å². The molecule has 34 heavy (non-hydrogen) atoms. The Labute approximate surface area is 205 Å². The SMILES string of the molecule is CCOCC(C)(CC(Cc1ccc(-c2cc(Cl)ccc2F)cc1)NC(=O)OC(C)(C)C)C(=O)O. The van der Waals surface area contributed by atoms with E-state index >= 15 is 0 Å². The Balaban J connectivity index is 2.26. The summed E-state index contributed by atoms with van der Waals surface area (Å²) in [5, 5.41) is 13.1. The highest BCUT2D eigenvalue weighted by Gasteiger charge is 2.37. The fourth-order valence-corrected chi connectivity index (χ4v) is 3.72. The number of aliphatic carboxylic acids is 1. The highest BCUT2D eigenvalue weighted by Crippen LogP contribution is 2.29. The molecule has 1 amide bonds. The Morgan fingerprint density at radius 1 is 1.12 bits per heavy atom. The predicted molar refractivity (Wildman–Crippen MR) is 131 cm³/mol. The molecule has 0 heterocycles. The topological polar surface area (TPSA) is 84.9 Å². The van der Waals surface area contributed by atoms with Crippen molar-refractivity contribution in [2.45, 2.75) is 59.1 Å². The van der Waals surface area contributed by atoms with Crippen LogP contribution in [0.1, 0.15) is 46.6 Å². The molecule has 2 aromatic carbocycles. The van der Waals surface area contributed by atoms with Crippen LogP contribution in [-0.4, -0.2) is 42.0 Å². The number of ether oxygens (including phenoxy) is 2. The number of alkyl carbamates (subject to hydrolysis) is 1. The molecule has 0 aliphatic rings. The molecule has 0 aliphatic carbocycles. The van der Waals surface area contributed by atoms with Crippen molar-refractivity contribution in [3.05, 3.63) is 58.9 Å². The summed E-state index contributed by atoms with van der Waals surface area (Å²) >= 11 is 6.01. The van der Waals surface area contributed by atoms with Gasteiger partial charge in [0.25, 0.3) is 0 Å². The van der Waals surface area contributed by atoms with Crippen molar-refractivity contribution in [1.82, 2.24) is 5.32 Å². The van der Waals surface area contributed by atoms with Crippen LogP contribution in [0.3, 0.4) is 0 Å². The van der Waals surface area contributed by atoms with E-state index in [9.17, 15) is 19.1 Å². The summed E-state index contributed by atoms with van der Waals surface area (Å²) in [5.74, 6) is -1.39. The average Bonchev–Trinajstić information content (AvgIpc) is 2.73. The van der Waals surface area contributed by atoms with Gasteiger partial charge in [0.2, 0.25) is 0 Å². The van der Waals surface area contributed by atoms with Crippen LogP contribution in [0.5, 0.6) is 0 Å². The number of nitrogens with one attached hydrogen (secondary N) is 1. The molecule has 0 spiro atoms. The minimum Gasteiger partial charge on any atom is -0.481 e. The van der Waals surface area contributed by atoms with Crippen LogP contribution < -0.4 is 5.32 Å². The smallest absolute Gasteiger partial charge is 0.407 e. The Bertz CT molecular complexity index is 990. The second kappa shape index (κ2) is 11.7. The highest BCUT2D eigenvalue weighted by atomic mass is 35.5. The summed E-state index contributed by atoms with van der Waals surface area (Å²) in [6.45, 7) is 9.05. The Hall–Kier alpha value is -2.64. The van der Waals surface area contributed by atoms with E-state index < -0.39 is 29.1 Å². The van der Waals surface area contributed by atoms with Gasteiger partial charge < -0.3 is 19.9 Å². The summed E-state index contributed by atoms with van der Waals surface area (Å²) in [6.07, 6.45) is -0.141. The van der Waals surface area contributed by atoms with E-state index in [-0.39, 0.29) is 18.8 Å². The maximum atomic E-state index is 14.2. The molecule has 0 aliphatic heterocycles. The van der Waals surface area contributed by atoms with Gasteiger partial charge in [0.05, 0.1) is 12.0 Å². The largest absolute Gasteiger partial charge is 0.481 e. The zero-order chi connectivity index (χ0) is 25.5. The van der Waals surface area contributed by atoms with Gasteiger partial charge in [0, 0.05) is 23.2 Å². The molecule has 0 fully saturated rings. The molecule has 2 unspecified atom stereocenters. The molecule has 2 rings (SSSR count). The first-order valence-corrected chi connectivity index (χ1v) is 11.6. The predicted octanol–water partition coefficient (Wildman–Crippen LogP) is 6.10. The first-order valence-electron chi connectivity index (χ1n) is 11.2. The molecule has 2 N–H and O–H groups in total. The fraction of sp³-hybridized carbons (Fsp3) is 0.462. The Morgan fingerprint density at radius 3 is 2.32 bits per heavy atom. The van der Waals surface area contributed by atoms with Crippen molar-refractivity contribution in [2.75, 3.05) is 13.2 Å². The Kier molecular flexibility index (Phi) is 9.47. The van der Waals surface area contributed by atoms with Crippen molar-refractivity contribution in [3.63, 3.8) is 0 Å². The van der Waals surface area contributed by atoms with E-state index in [0.717, 1.165) is 5.56 Å². The third kappa shape index (κ3) is 8.29. The average molecular weight is 494 g/mol. The van der Waals surface area contributed by atoms with Crippen LogP contribution in [-0.2, 0) is 20.7 Å². The normalized spacial score (nSPS) is 14.2. The molecular formula is C26H33ClFNO5. The van der Waals surface area contributed by atoms with E-state index in [1.54, 1.807) is 52.8 Å². The zero-order valence-corrected chi connectivity index (χ0v) is 21.0. The lowest BCUT2D eigenvalue weighted by molar-refractivity contribution is -0.152. The number of hydrogen-bond donors (Lipinski definition) is 2. The molecule has 0 saturated carbocycles. The molecule has 0 saturated heterocycles. The number of benzene rings is 2. The van der Waals surface area contributed by atoms with Crippen LogP contribution in [0.15, 0.2) is 42.5 Å². The second-order valence-corrected chi connectivity index (χ2v) is 10.0. The zero-order valence-electron chi connectivity index (χ0n) is 20.3. The highest BCUT2D eigenvalue weighted by molar-refractivity contribution is 6.30. The maximum absolute atomic E-state index is 14.2. The molecule has 2 aromatic rings. The van der Waals surface area contributed by atoms with Gasteiger partial charge in [-0.05, 0) is 76.8 Å². The van der Waals surface area contributed by atoms with Crippen LogP contribution in [0, 0.1) is 11.2 Å². The van der Waals surface area contributed by atoms with E-state index in [2.05, 4.69) is 5.32 Å². The minimum absolute atomic E-state index is 0.0122. The number of halogens is 2. The number of carboxylic acids is 1. The molecule has 2 atom stereocenters. The summed E-state index contributed by atoms with van der Waals surface area (Å²) < 4.78 is 25.0. The van der Waals surface area contributed by atoms with Gasteiger partial charge in [-0.3, -0.25) is 4.79 Å². The summed E-state index contributed by atoms with van der Waals surface area (Å²) in [5.41, 5.74) is -0.0145. The lowest BCUT2D eigenvalue weighted by atomic mass is 9.82. The third-order valence-corrected chi connectivity index (χ3v) is 5.47. The van der Waals surface area contributed by atoms with Gasteiger partial charge in [-0.2, -0.15) is 0 Å². The fourth-order valence-electron chi connectivity index (χ4n) is 3.55. The summed E-state index contributed by atoms with van der Waals surface area (Å²) in [6, 6.07) is 11.0. The number of carbonyl (C=O) groups excluding carboxylic acids is 1. The number of rotatable bonds is 10. The van der Waals surface area contributed by atoms with Crippen molar-refractivity contribution in [2.24, 2.45) is 5.41 Å². The lowest BCUT2D eigenvalue weighted by Crippen LogP contribution is -2.46. The number of carboxylic acid groups (broad SMARTS) is 1. The number of hydrogen-bond acceptors (Lipinski definition) is 4. The molecule has 0 aromatic heterocycles. The molecule has 0 bridgehead atoms. The summed E-state index contributed by atoms with van der Waals surface area (Å²) in [7, 11) is 0. The minimum atomic E-state index is -1.21. The van der Waals surface area contributed by atoms with Crippen molar-refractivity contribution in [3.8, 4) is 11.1 Å². The molecule has 6 nitrogen and oxygen atoms in total. The van der Waals surface area contributed by atoms with Crippen LogP contribution in [0.4, 0.5) is 9.18 Å². The first-order chi connectivity index (χ1) is 15.8. The van der Waals surface area contributed by atoms with Gasteiger partial charge in [-0.25, -0.2) is 9.18 Å². The van der Waals surface area contributed by atoms with Gasteiger partial charge >= 0.3 is 12.1 Å². The van der Waals surface area contributed by atoms with E-state index in [0.29, 0.717) is 29.2 Å². The molecular weight excluding hydrogens is 461 g/mol. The van der Waals surface area contributed by atoms with Crippen LogP contribution in [0.25, 0.3) is 11.1 Å². The monoisotopic (exact) mass is 493 g/mol. The molecule has 186 valence electrons. The van der Waals surface area contributed by atoms with Crippen molar-refractivity contribution in [1.29, 1.82) is 0 Å². The van der Waals surface area contributed by atoms with Crippen molar-refractivity contribution < 1.29 is 28.6 Å². The molecule has 8 heteroatoms. The second-order valence-electron chi connectivity index (χ2n) is 9.58. The van der Waals surface area contributed by atoms with Gasteiger partial charge in [0.15, 0.2) is 0 Å². The lowest BCUT2D eigenvalue weighted by Gasteiger charge is -2.30. The standard InChI is InChI=1S/C26H33ClFNO5/c1-6-33-16-26(5,23(30)31)15-20(29-24(32)34-25(2,3)4)13-17-7-9-18(10-8-17)21-14-19(27)11-12-22(21)28/h7-12,14,20H,6,13,15-16H2,1-5H3,(H,29,32)(H,30,31). The first kappa shape index (κ1) is 27.6. The van der Waals surface area contributed by atoms with Crippen LogP contribution in [0.2, 0.25) is 5.02 Å². The van der Waals surface area contributed by atoms with Gasteiger partial charge in [0.1, 0.15) is 11.4 Å². The van der Waals surface area contributed by atoms with Crippen LogP contribution >= 0.6 is 11.6 Å². The van der Waals surface area contributed by atoms with Gasteiger partial charge in [-0.15, -0.1) is 0 Å². The Morgan fingerprint density at radius 2 is 1.76 bits per heavy atom.